The summed E-state index contributed by atoms with van der Waals surface area (Å²) in [6.45, 7) is 3.65. The number of piperidine rings is 1. The number of benzene rings is 1. The van der Waals surface area contributed by atoms with Gasteiger partial charge in [-0.3, -0.25) is 4.90 Å². The number of halogens is 1. The van der Waals surface area contributed by atoms with Crippen LogP contribution in [0.2, 0.25) is 5.02 Å². The van der Waals surface area contributed by atoms with Gasteiger partial charge in [-0.15, -0.1) is 0 Å². The summed E-state index contributed by atoms with van der Waals surface area (Å²) in [5.41, 5.74) is 9.93. The zero-order valence-corrected chi connectivity index (χ0v) is 17.6. The SMILES string of the molecule is [N-]=[N+]=NCC1CN(C2CCN(c3ncccn3)CC2)C(Cc2ccc(Cl)cc2)CO1. The minimum absolute atomic E-state index is 0.0575. The molecule has 4 rings (SSSR count). The molecule has 0 spiro atoms. The zero-order valence-electron chi connectivity index (χ0n) is 16.8. The van der Waals surface area contributed by atoms with Gasteiger partial charge in [0, 0.05) is 54.0 Å². The normalized spacial score (nSPS) is 23.2. The van der Waals surface area contributed by atoms with Gasteiger partial charge in [0.1, 0.15) is 0 Å². The number of rotatable bonds is 6. The second-order valence-electron chi connectivity index (χ2n) is 7.82. The minimum atomic E-state index is -0.0575. The molecule has 30 heavy (non-hydrogen) atoms. The number of hydrogen-bond acceptors (Lipinski definition) is 6. The van der Waals surface area contributed by atoms with Crippen LogP contribution in [0.25, 0.3) is 10.4 Å². The van der Waals surface area contributed by atoms with Crippen LogP contribution in [0.5, 0.6) is 0 Å². The van der Waals surface area contributed by atoms with Gasteiger partial charge in [-0.2, -0.15) is 0 Å². The van der Waals surface area contributed by atoms with Crippen molar-refractivity contribution in [3.63, 3.8) is 0 Å². The van der Waals surface area contributed by atoms with Gasteiger partial charge in [-0.05, 0) is 48.6 Å². The van der Waals surface area contributed by atoms with E-state index in [1.54, 1.807) is 12.4 Å². The van der Waals surface area contributed by atoms with Crippen LogP contribution in [-0.2, 0) is 11.2 Å². The Bertz CT molecular complexity index is 851. The molecule has 2 fully saturated rings. The van der Waals surface area contributed by atoms with Gasteiger partial charge in [0.05, 0.1) is 19.3 Å². The number of aromatic nitrogens is 2. The molecule has 0 amide bonds. The van der Waals surface area contributed by atoms with Crippen molar-refractivity contribution in [2.75, 3.05) is 37.7 Å². The summed E-state index contributed by atoms with van der Waals surface area (Å²) in [6, 6.07) is 10.6. The number of ether oxygens (including phenoxy) is 1. The third-order valence-corrected chi connectivity index (χ3v) is 6.16. The third kappa shape index (κ3) is 5.21. The van der Waals surface area contributed by atoms with Crippen LogP contribution >= 0.6 is 11.6 Å². The van der Waals surface area contributed by atoms with Gasteiger partial charge in [0.15, 0.2) is 0 Å². The molecule has 158 valence electrons. The van der Waals surface area contributed by atoms with Gasteiger partial charge in [-0.1, -0.05) is 28.8 Å². The average molecular weight is 428 g/mol. The summed E-state index contributed by atoms with van der Waals surface area (Å²) in [5, 5.41) is 4.49. The maximum absolute atomic E-state index is 8.68. The molecule has 2 atom stereocenters. The Hall–Kier alpha value is -2.38. The molecule has 2 unspecified atom stereocenters. The van der Waals surface area contributed by atoms with Gasteiger partial charge < -0.3 is 9.64 Å². The van der Waals surface area contributed by atoms with Crippen LogP contribution in [0.3, 0.4) is 0 Å². The van der Waals surface area contributed by atoms with Crippen molar-refractivity contribution >= 4 is 17.5 Å². The van der Waals surface area contributed by atoms with Gasteiger partial charge in [0.25, 0.3) is 0 Å². The fourth-order valence-corrected chi connectivity index (χ4v) is 4.51. The summed E-state index contributed by atoms with van der Waals surface area (Å²) in [5.74, 6) is 0.803. The van der Waals surface area contributed by atoms with Gasteiger partial charge in [-0.25, -0.2) is 9.97 Å². The fourth-order valence-electron chi connectivity index (χ4n) is 4.39. The molecule has 2 aliphatic heterocycles. The molecule has 9 heteroatoms. The van der Waals surface area contributed by atoms with Gasteiger partial charge >= 0.3 is 0 Å². The van der Waals surface area contributed by atoms with E-state index in [0.717, 1.165) is 49.9 Å². The Kier molecular flexibility index (Phi) is 7.02. The highest BCUT2D eigenvalue weighted by Gasteiger charge is 2.35. The minimum Gasteiger partial charge on any atom is -0.375 e. The first-order valence-corrected chi connectivity index (χ1v) is 10.8. The van der Waals surface area contributed by atoms with E-state index in [-0.39, 0.29) is 12.1 Å². The molecular formula is C21H26ClN7O. The summed E-state index contributed by atoms with van der Waals surface area (Å²) in [6.07, 6.45) is 6.52. The summed E-state index contributed by atoms with van der Waals surface area (Å²) >= 11 is 6.05. The quantitative estimate of drug-likeness (QED) is 0.398. The van der Waals surface area contributed by atoms with Crippen molar-refractivity contribution in [1.29, 1.82) is 0 Å². The molecule has 0 N–H and O–H groups in total. The highest BCUT2D eigenvalue weighted by atomic mass is 35.5. The number of morpholine rings is 1. The molecule has 0 radical (unpaired) electrons. The molecule has 0 aliphatic carbocycles. The average Bonchev–Trinajstić information content (AvgIpc) is 2.80. The van der Waals surface area contributed by atoms with E-state index in [2.05, 4.69) is 41.9 Å². The lowest BCUT2D eigenvalue weighted by Gasteiger charge is -2.46. The molecule has 3 heterocycles. The van der Waals surface area contributed by atoms with E-state index in [1.807, 2.05) is 18.2 Å². The molecule has 2 aromatic rings. The van der Waals surface area contributed by atoms with Crippen LogP contribution in [0.4, 0.5) is 5.95 Å². The lowest BCUT2D eigenvalue weighted by atomic mass is 9.96. The summed E-state index contributed by atoms with van der Waals surface area (Å²) < 4.78 is 6.04. The van der Waals surface area contributed by atoms with Crippen LogP contribution < -0.4 is 4.90 Å². The van der Waals surface area contributed by atoms with E-state index in [4.69, 9.17) is 21.9 Å². The first kappa shape index (κ1) is 20.9. The Morgan fingerprint density at radius 1 is 1.17 bits per heavy atom. The highest BCUT2D eigenvalue weighted by molar-refractivity contribution is 6.30. The van der Waals surface area contributed by atoms with Crippen LogP contribution in [-0.4, -0.2) is 65.8 Å². The Morgan fingerprint density at radius 3 is 2.60 bits per heavy atom. The maximum Gasteiger partial charge on any atom is 0.225 e. The molecule has 0 bridgehead atoms. The van der Waals surface area contributed by atoms with E-state index in [1.165, 1.54) is 5.56 Å². The third-order valence-electron chi connectivity index (χ3n) is 5.91. The van der Waals surface area contributed by atoms with Crippen molar-refractivity contribution in [2.45, 2.75) is 37.5 Å². The standard InChI is InChI=1S/C21H26ClN7O/c22-17-4-2-16(3-5-17)12-19-15-30-20(13-26-27-23)14-29(19)18-6-10-28(11-7-18)21-24-8-1-9-25-21/h1-5,8-9,18-20H,6-7,10-15H2. The smallest absolute Gasteiger partial charge is 0.225 e. The fraction of sp³-hybridized carbons (Fsp3) is 0.524. The van der Waals surface area contributed by atoms with E-state index in [0.29, 0.717) is 19.2 Å². The van der Waals surface area contributed by atoms with Crippen molar-refractivity contribution in [3.05, 3.63) is 63.8 Å². The molecule has 0 saturated carbocycles. The van der Waals surface area contributed by atoms with E-state index >= 15 is 0 Å². The zero-order chi connectivity index (χ0) is 20.8. The van der Waals surface area contributed by atoms with Crippen molar-refractivity contribution in [2.24, 2.45) is 5.11 Å². The van der Waals surface area contributed by atoms with Crippen molar-refractivity contribution in [3.8, 4) is 0 Å². The molecule has 1 aromatic carbocycles. The number of nitrogens with zero attached hydrogens (tertiary/aromatic N) is 7. The first-order chi connectivity index (χ1) is 14.7. The molecule has 2 saturated heterocycles. The predicted molar refractivity (Wildman–Crippen MR) is 117 cm³/mol. The lowest BCUT2D eigenvalue weighted by molar-refractivity contribution is -0.0779. The van der Waals surface area contributed by atoms with Crippen LogP contribution in [0.15, 0.2) is 47.8 Å². The molecule has 8 nitrogen and oxygen atoms in total. The van der Waals surface area contributed by atoms with Crippen molar-refractivity contribution in [1.82, 2.24) is 14.9 Å². The molecular weight excluding hydrogens is 402 g/mol. The van der Waals surface area contributed by atoms with E-state index in [9.17, 15) is 0 Å². The Morgan fingerprint density at radius 2 is 1.90 bits per heavy atom. The highest BCUT2D eigenvalue weighted by Crippen LogP contribution is 2.26. The monoisotopic (exact) mass is 427 g/mol. The second-order valence-corrected chi connectivity index (χ2v) is 8.25. The topological polar surface area (TPSA) is 90.3 Å². The number of hydrogen-bond donors (Lipinski definition) is 0. The number of azide groups is 1. The first-order valence-electron chi connectivity index (χ1n) is 10.4. The lowest BCUT2D eigenvalue weighted by Crippen LogP contribution is -2.57. The molecule has 1 aromatic heterocycles. The predicted octanol–water partition coefficient (Wildman–Crippen LogP) is 3.72. The van der Waals surface area contributed by atoms with E-state index < -0.39 is 0 Å². The van der Waals surface area contributed by atoms with Crippen LogP contribution in [0, 0.1) is 0 Å². The molecule has 2 aliphatic rings. The largest absolute Gasteiger partial charge is 0.375 e. The summed E-state index contributed by atoms with van der Waals surface area (Å²) in [7, 11) is 0. The van der Waals surface area contributed by atoms with Gasteiger partial charge in [0.2, 0.25) is 5.95 Å². The number of anilines is 1. The Balaban J connectivity index is 1.44. The van der Waals surface area contributed by atoms with Crippen LogP contribution in [0.1, 0.15) is 18.4 Å². The Labute approximate surface area is 181 Å². The second kappa shape index (κ2) is 10.1. The summed E-state index contributed by atoms with van der Waals surface area (Å²) in [4.78, 5) is 16.5. The maximum atomic E-state index is 8.68. The van der Waals surface area contributed by atoms with Crippen molar-refractivity contribution < 1.29 is 4.74 Å².